The Morgan fingerprint density at radius 2 is 2.04 bits per heavy atom. The average molecular weight is 522 g/mol. The van der Waals surface area contributed by atoms with Crippen molar-refractivity contribution in [1.29, 1.82) is 0 Å². The van der Waals surface area contributed by atoms with Crippen molar-refractivity contribution >= 4 is 41.3 Å². The number of ether oxygens (including phenoxy) is 2. The van der Waals surface area contributed by atoms with Gasteiger partial charge in [0.05, 0.1) is 23.4 Å². The number of guanidine groups is 1. The van der Waals surface area contributed by atoms with Gasteiger partial charge in [0.1, 0.15) is 0 Å². The standard InChI is InChI=1S/C20H34N4O2S.HI/c1-21-20(23-12-6-13-25-15-16-7-5-14-26-16)22-11-4-10-19-24-17-8-2-3-9-18(17)27-19;/h16H,2-15H2,1H3,(H2,21,22,23);1H. The molecule has 2 heterocycles. The van der Waals surface area contributed by atoms with Crippen molar-refractivity contribution in [2.24, 2.45) is 4.99 Å². The van der Waals surface area contributed by atoms with Crippen LogP contribution in [0.5, 0.6) is 0 Å². The zero-order chi connectivity index (χ0) is 18.7. The third kappa shape index (κ3) is 8.12. The van der Waals surface area contributed by atoms with Gasteiger partial charge in [-0.2, -0.15) is 0 Å². The van der Waals surface area contributed by atoms with Crippen LogP contribution in [0, 0.1) is 0 Å². The van der Waals surface area contributed by atoms with Crippen LogP contribution in [0.15, 0.2) is 4.99 Å². The van der Waals surface area contributed by atoms with Crippen molar-refractivity contribution < 1.29 is 9.47 Å². The molecular weight excluding hydrogens is 487 g/mol. The van der Waals surface area contributed by atoms with Crippen LogP contribution in [0.2, 0.25) is 0 Å². The van der Waals surface area contributed by atoms with Gasteiger partial charge >= 0.3 is 0 Å². The SMILES string of the molecule is CN=C(NCCCOCC1CCCO1)NCCCc1nc2c(s1)CCCC2.I. The summed E-state index contributed by atoms with van der Waals surface area (Å²) < 4.78 is 11.2. The fourth-order valence-corrected chi connectivity index (χ4v) is 4.75. The van der Waals surface area contributed by atoms with Crippen LogP contribution in [0.1, 0.15) is 54.1 Å². The Hall–Kier alpha value is -0.450. The second-order valence-corrected chi connectivity index (χ2v) is 8.45. The van der Waals surface area contributed by atoms with Crippen LogP contribution in [0.25, 0.3) is 0 Å². The van der Waals surface area contributed by atoms with Crippen molar-refractivity contribution in [3.63, 3.8) is 0 Å². The summed E-state index contributed by atoms with van der Waals surface area (Å²) in [6.07, 6.45) is 10.8. The molecule has 6 nitrogen and oxygen atoms in total. The van der Waals surface area contributed by atoms with Gasteiger partial charge < -0.3 is 20.1 Å². The largest absolute Gasteiger partial charge is 0.379 e. The van der Waals surface area contributed by atoms with Gasteiger partial charge in [-0.25, -0.2) is 4.98 Å². The minimum atomic E-state index is 0. The zero-order valence-electron chi connectivity index (χ0n) is 17.0. The number of aromatic nitrogens is 1. The lowest BCUT2D eigenvalue weighted by molar-refractivity contribution is 0.0168. The van der Waals surface area contributed by atoms with Crippen LogP contribution in [0.3, 0.4) is 0 Å². The molecule has 0 radical (unpaired) electrons. The summed E-state index contributed by atoms with van der Waals surface area (Å²) in [5.41, 5.74) is 1.37. The predicted octanol–water partition coefficient (Wildman–Crippen LogP) is 3.32. The van der Waals surface area contributed by atoms with Crippen molar-refractivity contribution in [3.8, 4) is 0 Å². The molecule has 3 rings (SSSR count). The van der Waals surface area contributed by atoms with Gasteiger partial charge in [0.25, 0.3) is 0 Å². The number of hydrogen-bond donors (Lipinski definition) is 2. The first-order chi connectivity index (χ1) is 13.3. The predicted molar refractivity (Wildman–Crippen MR) is 126 cm³/mol. The maximum absolute atomic E-state index is 5.68. The molecule has 1 aliphatic heterocycles. The molecule has 1 fully saturated rings. The van der Waals surface area contributed by atoms with Crippen molar-refractivity contribution in [3.05, 3.63) is 15.6 Å². The molecule has 1 aromatic rings. The molecule has 1 atom stereocenters. The van der Waals surface area contributed by atoms with E-state index >= 15 is 0 Å². The molecule has 0 amide bonds. The summed E-state index contributed by atoms with van der Waals surface area (Å²) in [4.78, 5) is 10.6. The number of thiazole rings is 1. The fraction of sp³-hybridized carbons (Fsp3) is 0.800. The molecular formula is C20H35IN4O2S. The Morgan fingerprint density at radius 3 is 2.79 bits per heavy atom. The van der Waals surface area contributed by atoms with E-state index in [9.17, 15) is 0 Å². The fourth-order valence-electron chi connectivity index (χ4n) is 3.55. The van der Waals surface area contributed by atoms with Gasteiger partial charge in [-0.15, -0.1) is 35.3 Å². The van der Waals surface area contributed by atoms with E-state index in [1.807, 2.05) is 18.4 Å². The lowest BCUT2D eigenvalue weighted by atomic mass is 10.0. The highest BCUT2D eigenvalue weighted by molar-refractivity contribution is 14.0. The Kier molecular flexibility index (Phi) is 11.7. The Bertz CT molecular complexity index is 567. The maximum Gasteiger partial charge on any atom is 0.190 e. The van der Waals surface area contributed by atoms with Gasteiger partial charge in [0.15, 0.2) is 5.96 Å². The van der Waals surface area contributed by atoms with E-state index in [1.54, 1.807) is 0 Å². The number of halogens is 1. The highest BCUT2D eigenvalue weighted by Crippen LogP contribution is 2.27. The van der Waals surface area contributed by atoms with E-state index in [2.05, 4.69) is 15.6 Å². The van der Waals surface area contributed by atoms with Gasteiger partial charge in [-0.3, -0.25) is 4.99 Å². The second-order valence-electron chi connectivity index (χ2n) is 7.28. The number of aryl methyl sites for hydroxylation is 3. The molecule has 1 aromatic heterocycles. The number of rotatable bonds is 10. The second kappa shape index (κ2) is 13.7. The van der Waals surface area contributed by atoms with E-state index in [-0.39, 0.29) is 24.0 Å². The lowest BCUT2D eigenvalue weighted by Gasteiger charge is -2.12. The van der Waals surface area contributed by atoms with Crippen molar-refractivity contribution in [2.75, 3.05) is 40.0 Å². The summed E-state index contributed by atoms with van der Waals surface area (Å²) in [6, 6.07) is 0. The van der Waals surface area contributed by atoms with E-state index < -0.39 is 0 Å². The van der Waals surface area contributed by atoms with Crippen LogP contribution in [0.4, 0.5) is 0 Å². The molecule has 0 aromatic carbocycles. The Balaban J connectivity index is 0.00000280. The molecule has 1 unspecified atom stereocenters. The smallest absolute Gasteiger partial charge is 0.190 e. The molecule has 8 heteroatoms. The first-order valence-electron chi connectivity index (χ1n) is 10.5. The number of fused-ring (bicyclic) bond motifs is 1. The normalized spacial score (nSPS) is 19.2. The van der Waals surface area contributed by atoms with Crippen molar-refractivity contribution in [1.82, 2.24) is 15.6 Å². The number of aliphatic imine (C=N–C) groups is 1. The number of hydrogen-bond acceptors (Lipinski definition) is 5. The number of nitrogens with zero attached hydrogens (tertiary/aromatic N) is 2. The Morgan fingerprint density at radius 1 is 1.21 bits per heavy atom. The van der Waals surface area contributed by atoms with E-state index in [1.165, 1.54) is 47.7 Å². The maximum atomic E-state index is 5.68. The van der Waals surface area contributed by atoms with Gasteiger partial charge in [-0.05, 0) is 51.4 Å². The van der Waals surface area contributed by atoms with E-state index in [4.69, 9.17) is 14.5 Å². The topological polar surface area (TPSA) is 67.8 Å². The van der Waals surface area contributed by atoms with Gasteiger partial charge in [0, 0.05) is 44.6 Å². The van der Waals surface area contributed by atoms with Crippen LogP contribution in [-0.2, 0) is 28.7 Å². The van der Waals surface area contributed by atoms with Crippen LogP contribution < -0.4 is 10.6 Å². The summed E-state index contributed by atoms with van der Waals surface area (Å²) >= 11 is 1.92. The average Bonchev–Trinajstić information content (AvgIpc) is 3.35. The quantitative estimate of drug-likeness (QED) is 0.214. The molecule has 0 bridgehead atoms. The minimum Gasteiger partial charge on any atom is -0.379 e. The number of nitrogens with one attached hydrogen (secondary N) is 2. The molecule has 28 heavy (non-hydrogen) atoms. The lowest BCUT2D eigenvalue weighted by Crippen LogP contribution is -2.38. The summed E-state index contributed by atoms with van der Waals surface area (Å²) in [6.45, 7) is 4.16. The van der Waals surface area contributed by atoms with Gasteiger partial charge in [0.2, 0.25) is 0 Å². The summed E-state index contributed by atoms with van der Waals surface area (Å²) in [5.74, 6) is 0.868. The molecule has 2 N–H and O–H groups in total. The highest BCUT2D eigenvalue weighted by atomic mass is 127. The highest BCUT2D eigenvalue weighted by Gasteiger charge is 2.15. The Labute approximate surface area is 190 Å². The van der Waals surface area contributed by atoms with Crippen LogP contribution in [-0.4, -0.2) is 57.0 Å². The third-order valence-corrected chi connectivity index (χ3v) is 6.28. The summed E-state index contributed by atoms with van der Waals surface area (Å²) in [7, 11) is 1.82. The molecule has 1 saturated heterocycles. The molecule has 0 spiro atoms. The van der Waals surface area contributed by atoms with Gasteiger partial charge in [-0.1, -0.05) is 0 Å². The molecule has 1 aliphatic carbocycles. The van der Waals surface area contributed by atoms with Crippen LogP contribution >= 0.6 is 35.3 Å². The third-order valence-electron chi connectivity index (χ3n) is 5.06. The zero-order valence-corrected chi connectivity index (χ0v) is 20.2. The van der Waals surface area contributed by atoms with E-state index in [0.717, 1.165) is 64.6 Å². The first-order valence-corrected chi connectivity index (χ1v) is 11.3. The molecule has 160 valence electrons. The van der Waals surface area contributed by atoms with E-state index in [0.29, 0.717) is 6.10 Å². The monoisotopic (exact) mass is 522 g/mol. The van der Waals surface area contributed by atoms with Crippen molar-refractivity contribution in [2.45, 2.75) is 63.9 Å². The first kappa shape index (κ1) is 23.8. The molecule has 2 aliphatic rings. The minimum absolute atomic E-state index is 0. The molecule has 0 saturated carbocycles. The summed E-state index contributed by atoms with van der Waals surface area (Å²) in [5, 5.41) is 8.04.